The highest BCUT2D eigenvalue weighted by atomic mass is 16.4. The molecule has 2 rings (SSSR count). The Morgan fingerprint density at radius 2 is 1.81 bits per heavy atom. The predicted octanol–water partition coefficient (Wildman–Crippen LogP) is 2.77. The second kappa shape index (κ2) is 5.56. The highest BCUT2D eigenvalue weighted by Crippen LogP contribution is 2.29. The predicted molar refractivity (Wildman–Crippen MR) is 85.5 cm³/mol. The maximum absolute atomic E-state index is 11.9. The molecule has 0 aromatic heterocycles. The van der Waals surface area contributed by atoms with E-state index < -0.39 is 6.09 Å². The van der Waals surface area contributed by atoms with Gasteiger partial charge in [-0.2, -0.15) is 4.79 Å². The molecule has 116 valence electrons. The summed E-state index contributed by atoms with van der Waals surface area (Å²) in [6.45, 7) is 8.95. The molecule has 1 fully saturated rings. The number of rotatable bonds is 1. The van der Waals surface area contributed by atoms with Gasteiger partial charge in [0.15, 0.2) is 0 Å². The molecule has 0 bridgehead atoms. The number of nitrogens with two attached hydrogens (primary N) is 1. The fraction of sp³-hybridized carbons (Fsp3) is 0.562. The third-order valence-corrected chi connectivity index (χ3v) is 4.63. The van der Waals surface area contributed by atoms with Crippen LogP contribution in [-0.4, -0.2) is 47.4 Å². The molecule has 1 aromatic rings. The quantitative estimate of drug-likeness (QED) is 0.617. The Morgan fingerprint density at radius 1 is 1.19 bits per heavy atom. The minimum Gasteiger partial charge on any atom is -0.435 e. The normalized spacial score (nSPS) is 23.7. The highest BCUT2D eigenvalue weighted by Gasteiger charge is 2.48. The second-order valence-corrected chi connectivity index (χ2v) is 6.80. The van der Waals surface area contributed by atoms with Crippen LogP contribution in [0.1, 0.15) is 27.2 Å². The third kappa shape index (κ3) is 2.97. The van der Waals surface area contributed by atoms with Crippen molar-refractivity contribution in [3.05, 3.63) is 24.3 Å². The van der Waals surface area contributed by atoms with Crippen LogP contribution in [0.4, 0.5) is 16.2 Å². The lowest BCUT2D eigenvalue weighted by atomic mass is 10.0. The topological polar surface area (TPSA) is 66.6 Å². The molecule has 1 saturated heterocycles. The van der Waals surface area contributed by atoms with Gasteiger partial charge in [-0.1, -0.05) is 0 Å². The van der Waals surface area contributed by atoms with Crippen LogP contribution in [0.25, 0.3) is 0 Å². The zero-order chi connectivity index (χ0) is 15.7. The van der Waals surface area contributed by atoms with Crippen molar-refractivity contribution in [2.75, 3.05) is 36.8 Å². The van der Waals surface area contributed by atoms with E-state index >= 15 is 0 Å². The molecule has 0 saturated carbocycles. The van der Waals surface area contributed by atoms with Crippen molar-refractivity contribution in [1.82, 2.24) is 0 Å². The van der Waals surface area contributed by atoms with Crippen molar-refractivity contribution in [3.8, 4) is 0 Å². The average Bonchev–Trinajstić information content (AvgIpc) is 2.62. The number of carbonyl (C=O) groups is 1. The van der Waals surface area contributed by atoms with Crippen molar-refractivity contribution in [2.24, 2.45) is 0 Å². The Kier molecular flexibility index (Phi) is 4.14. The van der Waals surface area contributed by atoms with E-state index in [1.807, 2.05) is 45.0 Å². The summed E-state index contributed by atoms with van der Waals surface area (Å²) in [5.41, 5.74) is 7.29. The molecule has 1 aromatic carbocycles. The average molecular weight is 292 g/mol. The largest absolute Gasteiger partial charge is 0.514 e. The van der Waals surface area contributed by atoms with E-state index in [0.29, 0.717) is 13.1 Å². The SMILES string of the molecule is CC(C)(C)[N+]1(C(=O)O)CCCN(c2ccc(N)cc2)CC1. The first-order chi connectivity index (χ1) is 9.76. The van der Waals surface area contributed by atoms with Crippen molar-refractivity contribution in [3.63, 3.8) is 0 Å². The van der Waals surface area contributed by atoms with Gasteiger partial charge in [-0.15, -0.1) is 0 Å². The first-order valence-electron chi connectivity index (χ1n) is 7.47. The number of hydrogen-bond acceptors (Lipinski definition) is 3. The van der Waals surface area contributed by atoms with Crippen molar-refractivity contribution in [2.45, 2.75) is 32.7 Å². The third-order valence-electron chi connectivity index (χ3n) is 4.63. The number of hydrogen-bond donors (Lipinski definition) is 2. The second-order valence-electron chi connectivity index (χ2n) is 6.80. The lowest BCUT2D eigenvalue weighted by Gasteiger charge is -2.42. The van der Waals surface area contributed by atoms with Crippen LogP contribution >= 0.6 is 0 Å². The standard InChI is InChI=1S/C16H25N3O2/c1-16(2,3)19(15(20)21)11-4-9-18(10-12-19)14-7-5-13(17)6-8-14/h5-8H,4,9-12,17H2,1-3H3/p+1. The fourth-order valence-electron chi connectivity index (χ4n) is 3.14. The summed E-state index contributed by atoms with van der Waals surface area (Å²) >= 11 is 0. The lowest BCUT2D eigenvalue weighted by molar-refractivity contribution is -0.901. The number of benzene rings is 1. The van der Waals surface area contributed by atoms with Crippen LogP contribution in [0.3, 0.4) is 0 Å². The van der Waals surface area contributed by atoms with Gasteiger partial charge in [-0.25, -0.2) is 4.48 Å². The van der Waals surface area contributed by atoms with E-state index in [4.69, 9.17) is 5.73 Å². The summed E-state index contributed by atoms with van der Waals surface area (Å²) in [5.74, 6) is 0. The van der Waals surface area contributed by atoms with Gasteiger partial charge in [-0.05, 0) is 45.0 Å². The molecular formula is C16H26N3O2+. The highest BCUT2D eigenvalue weighted by molar-refractivity contribution is 5.58. The molecule has 1 heterocycles. The van der Waals surface area contributed by atoms with Crippen molar-refractivity contribution < 1.29 is 14.4 Å². The van der Waals surface area contributed by atoms with Gasteiger partial charge in [0.1, 0.15) is 12.1 Å². The zero-order valence-corrected chi connectivity index (χ0v) is 13.2. The number of anilines is 2. The maximum atomic E-state index is 11.9. The first-order valence-corrected chi connectivity index (χ1v) is 7.47. The first kappa shape index (κ1) is 15.6. The summed E-state index contributed by atoms with van der Waals surface area (Å²) in [6.07, 6.45) is 0.148. The summed E-state index contributed by atoms with van der Waals surface area (Å²) in [6, 6.07) is 7.80. The van der Waals surface area contributed by atoms with Crippen LogP contribution < -0.4 is 10.6 Å². The summed E-state index contributed by atoms with van der Waals surface area (Å²) in [5, 5.41) is 9.78. The van der Waals surface area contributed by atoms with Crippen molar-refractivity contribution in [1.29, 1.82) is 0 Å². The Balaban J connectivity index is 2.21. The molecule has 5 heteroatoms. The van der Waals surface area contributed by atoms with E-state index in [1.165, 1.54) is 0 Å². The van der Waals surface area contributed by atoms with E-state index in [9.17, 15) is 9.90 Å². The Labute approximate surface area is 126 Å². The minimum atomic E-state index is -0.721. The number of nitrogen functional groups attached to an aromatic ring is 1. The molecule has 0 aliphatic carbocycles. The van der Waals surface area contributed by atoms with E-state index in [2.05, 4.69) is 4.90 Å². The van der Waals surface area contributed by atoms with Gasteiger partial charge < -0.3 is 15.7 Å². The Bertz CT molecular complexity index is 507. The maximum Gasteiger partial charge on any atom is 0.514 e. The number of nitrogens with zero attached hydrogens (tertiary/aromatic N) is 2. The van der Waals surface area contributed by atoms with Crippen LogP contribution in [0.2, 0.25) is 0 Å². The van der Waals surface area contributed by atoms with Gasteiger partial charge >= 0.3 is 6.09 Å². The van der Waals surface area contributed by atoms with Crippen molar-refractivity contribution >= 4 is 17.5 Å². The van der Waals surface area contributed by atoms with Crippen LogP contribution in [0.15, 0.2) is 24.3 Å². The molecule has 1 atom stereocenters. The number of amides is 1. The summed E-state index contributed by atoms with van der Waals surface area (Å²) in [7, 11) is 0. The summed E-state index contributed by atoms with van der Waals surface area (Å²) in [4.78, 5) is 14.2. The number of quaternary nitrogens is 1. The molecule has 3 N–H and O–H groups in total. The van der Waals surface area contributed by atoms with Gasteiger partial charge in [0.05, 0.1) is 13.1 Å². The number of carboxylic acid groups (broad SMARTS) is 1. The van der Waals surface area contributed by atoms with Crippen LogP contribution in [0.5, 0.6) is 0 Å². The van der Waals surface area contributed by atoms with Crippen LogP contribution in [-0.2, 0) is 0 Å². The Morgan fingerprint density at radius 3 is 2.33 bits per heavy atom. The smallest absolute Gasteiger partial charge is 0.435 e. The molecule has 0 radical (unpaired) electrons. The molecule has 21 heavy (non-hydrogen) atoms. The Hall–Kier alpha value is -1.75. The van der Waals surface area contributed by atoms with Crippen LogP contribution in [0, 0.1) is 0 Å². The monoisotopic (exact) mass is 292 g/mol. The minimum absolute atomic E-state index is 0.123. The van der Waals surface area contributed by atoms with Gasteiger partial charge in [0.25, 0.3) is 0 Å². The molecule has 1 amide bonds. The van der Waals surface area contributed by atoms with Gasteiger partial charge in [0, 0.05) is 24.3 Å². The zero-order valence-electron chi connectivity index (χ0n) is 13.2. The molecule has 1 unspecified atom stereocenters. The molecule has 0 spiro atoms. The van der Waals surface area contributed by atoms with E-state index in [1.54, 1.807) is 0 Å². The lowest BCUT2D eigenvalue weighted by Crippen LogP contribution is -2.64. The molecule has 5 nitrogen and oxygen atoms in total. The molecule has 1 aliphatic heterocycles. The molecular weight excluding hydrogens is 266 g/mol. The fourth-order valence-corrected chi connectivity index (χ4v) is 3.14. The van der Waals surface area contributed by atoms with Gasteiger partial charge in [-0.3, -0.25) is 0 Å². The van der Waals surface area contributed by atoms with E-state index in [-0.39, 0.29) is 10.0 Å². The van der Waals surface area contributed by atoms with Gasteiger partial charge in [0.2, 0.25) is 0 Å². The molecule has 1 aliphatic rings. The summed E-state index contributed by atoms with van der Waals surface area (Å²) < 4.78 is 0.123. The van der Waals surface area contributed by atoms with E-state index in [0.717, 1.165) is 30.9 Å².